The topological polar surface area (TPSA) is 79.5 Å². The minimum absolute atomic E-state index is 0.139. The van der Waals surface area contributed by atoms with Crippen LogP contribution in [0.15, 0.2) is 103 Å². The third-order valence-electron chi connectivity index (χ3n) is 5.42. The first-order valence-electron chi connectivity index (χ1n) is 11.1. The second-order valence-electron chi connectivity index (χ2n) is 7.76. The average molecular weight is 451 g/mol. The summed E-state index contributed by atoms with van der Waals surface area (Å²) in [6.45, 7) is 4.14. The summed E-state index contributed by atoms with van der Waals surface area (Å²) in [7, 11) is 0. The monoisotopic (exact) mass is 450 g/mol. The number of hydrogen-bond donors (Lipinski definition) is 2. The van der Waals surface area contributed by atoms with Gasteiger partial charge in [0.15, 0.2) is 0 Å². The van der Waals surface area contributed by atoms with Crippen molar-refractivity contribution in [3.05, 3.63) is 109 Å². The van der Waals surface area contributed by atoms with E-state index in [1.807, 2.05) is 77.4 Å². The first kappa shape index (κ1) is 22.7. The van der Waals surface area contributed by atoms with Gasteiger partial charge in [-0.3, -0.25) is 4.79 Å². The fourth-order valence-corrected chi connectivity index (χ4v) is 3.75. The molecule has 0 aliphatic carbocycles. The van der Waals surface area contributed by atoms with Crippen LogP contribution in [0.3, 0.4) is 0 Å². The number of allylic oxidation sites excluding steroid dienone is 1. The number of nitrogens with one attached hydrogen (secondary N) is 1. The van der Waals surface area contributed by atoms with Gasteiger partial charge in [-0.25, -0.2) is 10.4 Å². The Hall–Kier alpha value is -4.45. The van der Waals surface area contributed by atoms with E-state index in [0.717, 1.165) is 28.1 Å². The van der Waals surface area contributed by atoms with Gasteiger partial charge in [0.25, 0.3) is 0 Å². The van der Waals surface area contributed by atoms with Gasteiger partial charge in [0, 0.05) is 29.7 Å². The summed E-state index contributed by atoms with van der Waals surface area (Å²) in [5, 5.41) is 14.3. The van der Waals surface area contributed by atoms with E-state index in [-0.39, 0.29) is 18.1 Å². The Morgan fingerprint density at radius 2 is 1.71 bits per heavy atom. The normalized spacial score (nSPS) is 10.9. The summed E-state index contributed by atoms with van der Waals surface area (Å²) >= 11 is 0. The molecule has 0 unspecified atom stereocenters. The minimum Gasteiger partial charge on any atom is -0.507 e. The van der Waals surface area contributed by atoms with Crippen LogP contribution in [0.25, 0.3) is 22.5 Å². The third-order valence-corrected chi connectivity index (χ3v) is 5.42. The number of aryl methyl sites for hydroxylation is 1. The van der Waals surface area contributed by atoms with E-state index in [2.05, 4.69) is 22.1 Å². The molecule has 0 saturated carbocycles. The summed E-state index contributed by atoms with van der Waals surface area (Å²) in [6, 6.07) is 25.4. The Balaban J connectivity index is 1.46. The highest BCUT2D eigenvalue weighted by atomic mass is 16.3. The molecular weight excluding hydrogens is 424 g/mol. The summed E-state index contributed by atoms with van der Waals surface area (Å²) in [5.74, 6) is -0.0910. The molecule has 0 spiro atoms. The molecule has 4 rings (SSSR count). The number of amides is 1. The molecule has 0 aliphatic rings. The predicted octanol–water partition coefficient (Wildman–Crippen LogP) is 5.19. The Labute approximate surface area is 198 Å². The molecule has 170 valence electrons. The number of aromatic hydroxyl groups is 1. The van der Waals surface area contributed by atoms with Crippen LogP contribution in [-0.4, -0.2) is 26.8 Å². The van der Waals surface area contributed by atoms with E-state index < -0.39 is 0 Å². The molecule has 3 aromatic carbocycles. The summed E-state index contributed by atoms with van der Waals surface area (Å²) in [4.78, 5) is 17.1. The quantitative estimate of drug-likeness (QED) is 0.209. The van der Waals surface area contributed by atoms with Crippen LogP contribution in [0, 0.1) is 0 Å². The average Bonchev–Trinajstić information content (AvgIpc) is 3.30. The minimum atomic E-state index is -0.230. The Morgan fingerprint density at radius 1 is 1.00 bits per heavy atom. The number of imidazole rings is 1. The first-order chi connectivity index (χ1) is 16.7. The molecule has 0 atom stereocenters. The van der Waals surface area contributed by atoms with Crippen molar-refractivity contribution in [3.8, 4) is 28.3 Å². The van der Waals surface area contributed by atoms with Crippen molar-refractivity contribution in [2.24, 2.45) is 5.10 Å². The maximum atomic E-state index is 12.5. The summed E-state index contributed by atoms with van der Waals surface area (Å²) < 4.78 is 1.99. The number of phenolic OH excluding ortho intramolecular Hbond substituents is 1. The number of para-hydroxylation sites is 1. The van der Waals surface area contributed by atoms with Crippen LogP contribution in [0.2, 0.25) is 0 Å². The maximum absolute atomic E-state index is 12.5. The molecule has 0 radical (unpaired) electrons. The lowest BCUT2D eigenvalue weighted by Gasteiger charge is -2.10. The van der Waals surface area contributed by atoms with Crippen LogP contribution in [0.1, 0.15) is 17.5 Å². The molecule has 0 saturated heterocycles. The Morgan fingerprint density at radius 3 is 2.41 bits per heavy atom. The molecular formula is C28H26N4O2. The molecule has 0 bridgehead atoms. The van der Waals surface area contributed by atoms with Gasteiger partial charge >= 0.3 is 0 Å². The fraction of sp³-hybridized carbons (Fsp3) is 0.107. The van der Waals surface area contributed by atoms with Gasteiger partial charge in [0.1, 0.15) is 5.75 Å². The fourth-order valence-electron chi connectivity index (χ4n) is 3.75. The predicted molar refractivity (Wildman–Crippen MR) is 135 cm³/mol. The maximum Gasteiger partial charge on any atom is 0.241 e. The largest absolute Gasteiger partial charge is 0.507 e. The van der Waals surface area contributed by atoms with Crippen molar-refractivity contribution < 1.29 is 9.90 Å². The number of rotatable bonds is 9. The number of hydrogen-bond acceptors (Lipinski definition) is 4. The SMILES string of the molecule is C=CCc1cccc(/C=N/NC(=O)CCn2cnc(-c3ccccc3)c2-c2ccccc2)c1O. The standard InChI is InChI=1S/C28H26N4O2/c1-2-10-23-15-9-16-24(28(23)34)19-30-31-25(33)17-18-32-20-29-26(21-11-5-3-6-12-21)27(32)22-13-7-4-8-14-22/h2-9,11-16,19-20,34H,1,10,17-18H2,(H,31,33)/b30-19+. The first-order valence-corrected chi connectivity index (χ1v) is 11.1. The lowest BCUT2D eigenvalue weighted by molar-refractivity contribution is -0.121. The van der Waals surface area contributed by atoms with Crippen LogP contribution < -0.4 is 5.43 Å². The zero-order chi connectivity index (χ0) is 23.8. The van der Waals surface area contributed by atoms with Crippen molar-refractivity contribution in [1.82, 2.24) is 15.0 Å². The molecule has 0 fully saturated rings. The molecule has 6 nitrogen and oxygen atoms in total. The second-order valence-corrected chi connectivity index (χ2v) is 7.76. The number of carbonyl (C=O) groups excluding carboxylic acids is 1. The molecule has 1 amide bonds. The highest BCUT2D eigenvalue weighted by molar-refractivity contribution is 5.85. The number of nitrogens with zero attached hydrogens (tertiary/aromatic N) is 3. The number of phenols is 1. The molecule has 0 aliphatic heterocycles. The van der Waals surface area contributed by atoms with Gasteiger partial charge in [-0.2, -0.15) is 5.10 Å². The second kappa shape index (κ2) is 10.9. The van der Waals surface area contributed by atoms with Crippen LogP contribution >= 0.6 is 0 Å². The van der Waals surface area contributed by atoms with Crippen LogP contribution in [0.5, 0.6) is 5.75 Å². The molecule has 1 aromatic heterocycles. The van der Waals surface area contributed by atoms with Gasteiger partial charge in [-0.05, 0) is 18.1 Å². The van der Waals surface area contributed by atoms with Gasteiger partial charge in [-0.1, -0.05) is 78.9 Å². The van der Waals surface area contributed by atoms with Crippen LogP contribution in [0.4, 0.5) is 0 Å². The van der Waals surface area contributed by atoms with E-state index in [0.29, 0.717) is 18.5 Å². The number of aromatic nitrogens is 2. The Bertz CT molecular complexity index is 1290. The van der Waals surface area contributed by atoms with Gasteiger partial charge in [-0.15, -0.1) is 6.58 Å². The van der Waals surface area contributed by atoms with Gasteiger partial charge in [0.05, 0.1) is 23.9 Å². The van der Waals surface area contributed by atoms with Crippen molar-refractivity contribution in [1.29, 1.82) is 0 Å². The number of benzene rings is 3. The summed E-state index contributed by atoms with van der Waals surface area (Å²) in [5.41, 5.74) is 7.73. The molecule has 6 heteroatoms. The molecule has 4 aromatic rings. The zero-order valence-electron chi connectivity index (χ0n) is 18.8. The smallest absolute Gasteiger partial charge is 0.241 e. The van der Waals surface area contributed by atoms with Gasteiger partial charge < -0.3 is 9.67 Å². The number of carbonyl (C=O) groups is 1. The highest BCUT2D eigenvalue weighted by Crippen LogP contribution is 2.31. The lowest BCUT2D eigenvalue weighted by Crippen LogP contribution is -2.19. The number of hydrazone groups is 1. The molecule has 1 heterocycles. The van der Waals surface area contributed by atoms with Crippen molar-refractivity contribution in [2.45, 2.75) is 19.4 Å². The highest BCUT2D eigenvalue weighted by Gasteiger charge is 2.15. The van der Waals surface area contributed by atoms with Crippen molar-refractivity contribution >= 4 is 12.1 Å². The Kier molecular flexibility index (Phi) is 7.30. The molecule has 34 heavy (non-hydrogen) atoms. The van der Waals surface area contributed by atoms with Crippen LogP contribution in [-0.2, 0) is 17.8 Å². The van der Waals surface area contributed by atoms with E-state index >= 15 is 0 Å². The summed E-state index contributed by atoms with van der Waals surface area (Å²) in [6.07, 6.45) is 5.72. The van der Waals surface area contributed by atoms with Gasteiger partial charge in [0.2, 0.25) is 5.91 Å². The van der Waals surface area contributed by atoms with Crippen molar-refractivity contribution in [2.75, 3.05) is 0 Å². The van der Waals surface area contributed by atoms with E-state index in [4.69, 9.17) is 0 Å². The van der Waals surface area contributed by atoms with E-state index in [1.54, 1.807) is 18.5 Å². The molecule has 2 N–H and O–H groups in total. The zero-order valence-corrected chi connectivity index (χ0v) is 18.8. The van der Waals surface area contributed by atoms with Crippen molar-refractivity contribution in [3.63, 3.8) is 0 Å². The van der Waals surface area contributed by atoms with E-state index in [9.17, 15) is 9.90 Å². The lowest BCUT2D eigenvalue weighted by atomic mass is 10.0. The van der Waals surface area contributed by atoms with E-state index in [1.165, 1.54) is 6.21 Å². The third kappa shape index (κ3) is 5.30.